The molecule has 0 aliphatic rings. The summed E-state index contributed by atoms with van der Waals surface area (Å²) >= 11 is 0. The molecule has 0 bridgehead atoms. The van der Waals surface area contributed by atoms with Gasteiger partial charge in [-0.05, 0) is 16.4 Å². The minimum atomic E-state index is 0. The first-order valence-electron chi connectivity index (χ1n) is 4.28. The quantitative estimate of drug-likeness (QED) is 0.560. The van der Waals surface area contributed by atoms with Crippen LogP contribution in [0, 0.1) is 0 Å². The molecule has 74 valence electrons. The molecule has 0 aliphatic heterocycles. The smallest absolute Gasteiger partial charge is 0 e. The molecule has 0 amide bonds. The van der Waals surface area contributed by atoms with Crippen molar-refractivity contribution in [3.8, 4) is 11.1 Å². The molecule has 0 spiro atoms. The van der Waals surface area contributed by atoms with Crippen LogP contribution in [-0.2, 0) is 20.4 Å². The summed E-state index contributed by atoms with van der Waals surface area (Å²) in [5.41, 5.74) is 2.56. The van der Waals surface area contributed by atoms with Crippen LogP contribution in [0.25, 0.3) is 11.1 Å². The summed E-state index contributed by atoms with van der Waals surface area (Å²) in [4.78, 5) is 0. The Bertz CT molecular complexity index is 398. The van der Waals surface area contributed by atoms with Crippen molar-refractivity contribution in [2.75, 3.05) is 0 Å². The van der Waals surface area contributed by atoms with Crippen molar-refractivity contribution in [2.45, 2.75) is 0 Å². The first kappa shape index (κ1) is 11.6. The molecule has 0 aromatic heterocycles. The number of hydrogen-bond acceptors (Lipinski definition) is 0. The molecule has 2 rings (SSSR count). The topological polar surface area (TPSA) is 0 Å². The molecule has 14 heavy (non-hydrogen) atoms. The second-order valence-electron chi connectivity index (χ2n) is 2.95. The van der Waals surface area contributed by atoms with Crippen LogP contribution >= 0.6 is 9.24 Å². The number of benzene rings is 2. The molecule has 0 fully saturated rings. The molecule has 0 aliphatic carbocycles. The Morgan fingerprint density at radius 3 is 1.93 bits per heavy atom. The summed E-state index contributed by atoms with van der Waals surface area (Å²) in [6, 6.07) is 18.8. The fourth-order valence-electron chi connectivity index (χ4n) is 1.38. The molecular weight excluding hydrogens is 282 g/mol. The van der Waals surface area contributed by atoms with E-state index in [-0.39, 0.29) is 20.4 Å². The maximum absolute atomic E-state index is 2.76. The van der Waals surface area contributed by atoms with E-state index in [2.05, 4.69) is 57.8 Å². The first-order chi connectivity index (χ1) is 6.38. The Morgan fingerprint density at radius 1 is 0.714 bits per heavy atom. The average Bonchev–Trinajstić information content (AvgIpc) is 2.20. The molecule has 0 nitrogen and oxygen atoms in total. The van der Waals surface area contributed by atoms with Crippen molar-refractivity contribution in [1.82, 2.24) is 0 Å². The molecule has 2 aromatic rings. The van der Waals surface area contributed by atoms with Crippen molar-refractivity contribution in [1.29, 1.82) is 0 Å². The maximum atomic E-state index is 2.76. The molecule has 2 aromatic carbocycles. The van der Waals surface area contributed by atoms with E-state index in [1.807, 2.05) is 6.07 Å². The van der Waals surface area contributed by atoms with E-state index in [1.54, 1.807) is 0 Å². The van der Waals surface area contributed by atoms with Gasteiger partial charge in [-0.25, -0.2) is 0 Å². The predicted octanol–water partition coefficient (Wildman–Crippen LogP) is 2.85. The summed E-state index contributed by atoms with van der Waals surface area (Å²) in [6.45, 7) is 0. The number of rotatable bonds is 1. The van der Waals surface area contributed by atoms with Crippen LogP contribution in [0.4, 0.5) is 0 Å². The van der Waals surface area contributed by atoms with Crippen molar-refractivity contribution < 1.29 is 20.4 Å². The SMILES string of the molecule is Pc1ccccc1-c1ccccc1.[Pd]. The monoisotopic (exact) mass is 292 g/mol. The van der Waals surface area contributed by atoms with Gasteiger partial charge in [-0.2, -0.15) is 0 Å². The fourth-order valence-corrected chi connectivity index (χ4v) is 1.75. The Labute approximate surface area is 101 Å². The number of hydrogen-bond donors (Lipinski definition) is 0. The summed E-state index contributed by atoms with van der Waals surface area (Å²) in [5.74, 6) is 0. The molecule has 0 radical (unpaired) electrons. The van der Waals surface area contributed by atoms with Gasteiger partial charge in [0.15, 0.2) is 0 Å². The summed E-state index contributed by atoms with van der Waals surface area (Å²) in [5, 5.41) is 1.24. The Kier molecular flexibility index (Phi) is 4.50. The normalized spacial score (nSPS) is 9.21. The molecular formula is C12H11PPd. The third kappa shape index (κ3) is 2.52. The molecule has 0 saturated carbocycles. The third-order valence-corrected chi connectivity index (χ3v) is 2.55. The maximum Gasteiger partial charge on any atom is 0 e. The van der Waals surface area contributed by atoms with Crippen molar-refractivity contribution in [3.63, 3.8) is 0 Å². The second-order valence-corrected chi connectivity index (χ2v) is 3.58. The molecule has 0 saturated heterocycles. The largest absolute Gasteiger partial charge is 0.105 e. The van der Waals surface area contributed by atoms with Crippen LogP contribution < -0.4 is 5.30 Å². The van der Waals surface area contributed by atoms with Gasteiger partial charge in [0.05, 0.1) is 0 Å². The van der Waals surface area contributed by atoms with Gasteiger partial charge >= 0.3 is 0 Å². The summed E-state index contributed by atoms with van der Waals surface area (Å²) in [6.07, 6.45) is 0. The summed E-state index contributed by atoms with van der Waals surface area (Å²) < 4.78 is 0. The van der Waals surface area contributed by atoms with Crippen molar-refractivity contribution >= 4 is 14.5 Å². The van der Waals surface area contributed by atoms with E-state index >= 15 is 0 Å². The molecule has 0 heterocycles. The summed E-state index contributed by atoms with van der Waals surface area (Å²) in [7, 11) is 2.76. The van der Waals surface area contributed by atoms with Gasteiger partial charge in [-0.1, -0.05) is 54.6 Å². The van der Waals surface area contributed by atoms with E-state index in [9.17, 15) is 0 Å². The molecule has 0 N–H and O–H groups in total. The van der Waals surface area contributed by atoms with Crippen LogP contribution in [0.15, 0.2) is 54.6 Å². The van der Waals surface area contributed by atoms with Gasteiger partial charge in [0.2, 0.25) is 0 Å². The van der Waals surface area contributed by atoms with E-state index in [0.29, 0.717) is 0 Å². The van der Waals surface area contributed by atoms with Gasteiger partial charge < -0.3 is 0 Å². The zero-order chi connectivity index (χ0) is 9.10. The van der Waals surface area contributed by atoms with E-state index in [0.717, 1.165) is 0 Å². The van der Waals surface area contributed by atoms with Crippen LogP contribution in [0.2, 0.25) is 0 Å². The van der Waals surface area contributed by atoms with Crippen LogP contribution in [-0.4, -0.2) is 0 Å². The van der Waals surface area contributed by atoms with Gasteiger partial charge in [-0.3, -0.25) is 0 Å². The minimum Gasteiger partial charge on any atom is -0.105 e. The predicted molar refractivity (Wildman–Crippen MR) is 61.2 cm³/mol. The zero-order valence-corrected chi connectivity index (χ0v) is 10.3. The Balaban J connectivity index is 0.000000980. The fraction of sp³-hybridized carbons (Fsp3) is 0. The van der Waals surface area contributed by atoms with Crippen LogP contribution in [0.5, 0.6) is 0 Å². The van der Waals surface area contributed by atoms with Gasteiger partial charge in [0.25, 0.3) is 0 Å². The zero-order valence-electron chi connectivity index (χ0n) is 7.59. The van der Waals surface area contributed by atoms with E-state index < -0.39 is 0 Å². The minimum absolute atomic E-state index is 0. The van der Waals surface area contributed by atoms with Crippen LogP contribution in [0.3, 0.4) is 0 Å². The van der Waals surface area contributed by atoms with Crippen molar-refractivity contribution in [3.05, 3.63) is 54.6 Å². The molecule has 1 atom stereocenters. The van der Waals surface area contributed by atoms with Crippen LogP contribution in [0.1, 0.15) is 0 Å². The van der Waals surface area contributed by atoms with E-state index in [4.69, 9.17) is 0 Å². The Hall–Kier alpha value is -0.468. The van der Waals surface area contributed by atoms with E-state index in [1.165, 1.54) is 16.4 Å². The first-order valence-corrected chi connectivity index (χ1v) is 4.85. The van der Waals surface area contributed by atoms with Crippen molar-refractivity contribution in [2.24, 2.45) is 0 Å². The molecule has 2 heteroatoms. The standard InChI is InChI=1S/C12H11P.Pd/c13-12-9-5-4-8-11(12)10-6-2-1-3-7-10;/h1-9H,13H2;. The average molecular weight is 293 g/mol. The van der Waals surface area contributed by atoms with Gasteiger partial charge in [-0.15, -0.1) is 9.24 Å². The van der Waals surface area contributed by atoms with Gasteiger partial charge in [0.1, 0.15) is 0 Å². The Morgan fingerprint density at radius 2 is 1.29 bits per heavy atom. The second kappa shape index (κ2) is 5.42. The molecule has 1 unspecified atom stereocenters. The van der Waals surface area contributed by atoms with Gasteiger partial charge in [0, 0.05) is 20.4 Å². The third-order valence-electron chi connectivity index (χ3n) is 2.05.